The minimum Gasteiger partial charge on any atom is -0.309 e. The van der Waals surface area contributed by atoms with Crippen LogP contribution < -0.4 is 5.32 Å². The van der Waals surface area contributed by atoms with E-state index < -0.39 is 0 Å². The number of thioether (sulfide) groups is 2. The summed E-state index contributed by atoms with van der Waals surface area (Å²) in [5.41, 5.74) is 4.30. The Kier molecular flexibility index (Phi) is 6.31. The van der Waals surface area contributed by atoms with Gasteiger partial charge < -0.3 is 5.32 Å². The molecule has 20 heavy (non-hydrogen) atoms. The first-order valence-corrected chi connectivity index (χ1v) is 9.77. The van der Waals surface area contributed by atoms with Gasteiger partial charge in [-0.3, -0.25) is 0 Å². The molecule has 1 heterocycles. The summed E-state index contributed by atoms with van der Waals surface area (Å²) in [5, 5.41) is 5.23. The molecule has 1 aliphatic heterocycles. The Hall–Kier alpha value is -0.120. The fraction of sp³-hybridized carbons (Fsp3) is 0.647. The highest BCUT2D eigenvalue weighted by Crippen LogP contribution is 2.39. The zero-order valence-electron chi connectivity index (χ0n) is 13.1. The molecule has 0 radical (unpaired) electrons. The van der Waals surface area contributed by atoms with Gasteiger partial charge in [-0.25, -0.2) is 0 Å². The molecule has 112 valence electrons. The van der Waals surface area contributed by atoms with Gasteiger partial charge in [0.1, 0.15) is 0 Å². The van der Waals surface area contributed by atoms with Crippen molar-refractivity contribution in [2.45, 2.75) is 50.7 Å². The second-order valence-corrected chi connectivity index (χ2v) is 8.47. The monoisotopic (exact) mass is 309 g/mol. The van der Waals surface area contributed by atoms with Crippen LogP contribution >= 0.6 is 23.5 Å². The van der Waals surface area contributed by atoms with Gasteiger partial charge >= 0.3 is 0 Å². The molecule has 1 aromatic carbocycles. The molecule has 0 aromatic heterocycles. The van der Waals surface area contributed by atoms with Crippen molar-refractivity contribution in [3.05, 3.63) is 34.9 Å². The number of hydrogen-bond donors (Lipinski definition) is 1. The van der Waals surface area contributed by atoms with Gasteiger partial charge in [-0.2, -0.15) is 23.5 Å². The van der Waals surface area contributed by atoms with Crippen LogP contribution in [-0.2, 0) is 0 Å². The summed E-state index contributed by atoms with van der Waals surface area (Å²) >= 11 is 4.29. The Morgan fingerprint density at radius 3 is 2.70 bits per heavy atom. The van der Waals surface area contributed by atoms with E-state index in [4.69, 9.17) is 0 Å². The summed E-state index contributed by atoms with van der Waals surface area (Å²) in [5.74, 6) is 2.59. The Morgan fingerprint density at radius 1 is 1.25 bits per heavy atom. The lowest BCUT2D eigenvalue weighted by Gasteiger charge is -2.36. The van der Waals surface area contributed by atoms with Gasteiger partial charge in [0, 0.05) is 28.0 Å². The molecule has 3 heteroatoms. The van der Waals surface area contributed by atoms with Gasteiger partial charge in [-0.1, -0.05) is 37.6 Å². The summed E-state index contributed by atoms with van der Waals surface area (Å²) in [6.07, 6.45) is 1.19. The highest BCUT2D eigenvalue weighted by molar-refractivity contribution is 8.07. The first-order valence-electron chi connectivity index (χ1n) is 7.67. The van der Waals surface area contributed by atoms with Crippen LogP contribution in [0.2, 0.25) is 0 Å². The number of rotatable bonds is 5. The van der Waals surface area contributed by atoms with Crippen LogP contribution in [0.15, 0.2) is 18.2 Å². The molecule has 1 aromatic rings. The first-order chi connectivity index (χ1) is 9.63. The highest BCUT2D eigenvalue weighted by atomic mass is 32.2. The summed E-state index contributed by atoms with van der Waals surface area (Å²) < 4.78 is 0. The summed E-state index contributed by atoms with van der Waals surface area (Å²) in [6, 6.07) is 7.37. The second-order valence-electron chi connectivity index (χ2n) is 5.70. The van der Waals surface area contributed by atoms with E-state index in [0.717, 1.165) is 11.8 Å². The summed E-state index contributed by atoms with van der Waals surface area (Å²) in [4.78, 5) is 0. The first kappa shape index (κ1) is 16.3. The standard InChI is InChI=1S/C17H27NS2/c1-5-8-18-16(17-14(4)19-9-10-20-17)15-11-12(2)6-7-13(15)3/h6-7,11,14,16-18H,5,8-10H2,1-4H3. The molecule has 0 saturated carbocycles. The second kappa shape index (κ2) is 7.77. The fourth-order valence-electron chi connectivity index (χ4n) is 2.81. The molecule has 0 amide bonds. The molecule has 3 atom stereocenters. The summed E-state index contributed by atoms with van der Waals surface area (Å²) in [7, 11) is 0. The molecule has 2 rings (SSSR count). The SMILES string of the molecule is CCCNC(c1cc(C)ccc1C)C1SCCSC1C. The van der Waals surface area contributed by atoms with E-state index in [1.54, 1.807) is 0 Å². The smallest absolute Gasteiger partial charge is 0.0454 e. The fourth-order valence-corrected chi connectivity index (χ4v) is 5.75. The van der Waals surface area contributed by atoms with Crippen molar-refractivity contribution >= 4 is 23.5 Å². The third-order valence-corrected chi connectivity index (χ3v) is 7.14. The number of aryl methyl sites for hydroxylation is 2. The third-order valence-electron chi connectivity index (χ3n) is 3.95. The minimum absolute atomic E-state index is 0.489. The molecule has 0 aliphatic carbocycles. The lowest BCUT2D eigenvalue weighted by Crippen LogP contribution is -2.38. The maximum Gasteiger partial charge on any atom is 0.0454 e. The Bertz CT molecular complexity index is 433. The van der Waals surface area contributed by atoms with E-state index in [-0.39, 0.29) is 0 Å². The number of benzene rings is 1. The lowest BCUT2D eigenvalue weighted by atomic mass is 9.95. The molecule has 1 aliphatic rings. The predicted molar refractivity (Wildman–Crippen MR) is 95.1 cm³/mol. The van der Waals surface area contributed by atoms with Gasteiger partial charge in [0.25, 0.3) is 0 Å². The molecule has 0 bridgehead atoms. The molecule has 3 unspecified atom stereocenters. The lowest BCUT2D eigenvalue weighted by molar-refractivity contribution is 0.506. The highest BCUT2D eigenvalue weighted by Gasteiger charge is 2.31. The largest absolute Gasteiger partial charge is 0.309 e. The Balaban J connectivity index is 2.28. The molecule has 1 nitrogen and oxygen atoms in total. The van der Waals surface area contributed by atoms with Crippen LogP contribution in [0.1, 0.15) is 43.0 Å². The van der Waals surface area contributed by atoms with Crippen LogP contribution in [0, 0.1) is 13.8 Å². The third kappa shape index (κ3) is 3.96. The van der Waals surface area contributed by atoms with Gasteiger partial charge in [-0.05, 0) is 37.9 Å². The van der Waals surface area contributed by atoms with E-state index in [2.05, 4.69) is 74.7 Å². The van der Waals surface area contributed by atoms with Gasteiger partial charge in [-0.15, -0.1) is 0 Å². The van der Waals surface area contributed by atoms with E-state index in [1.807, 2.05) is 0 Å². The van der Waals surface area contributed by atoms with Gasteiger partial charge in [0.15, 0.2) is 0 Å². The Morgan fingerprint density at radius 2 is 2.00 bits per heavy atom. The molecule has 0 spiro atoms. The van der Waals surface area contributed by atoms with Crippen LogP contribution in [0.5, 0.6) is 0 Å². The zero-order chi connectivity index (χ0) is 14.5. The van der Waals surface area contributed by atoms with E-state index >= 15 is 0 Å². The molecule has 1 fully saturated rings. The van der Waals surface area contributed by atoms with E-state index in [0.29, 0.717) is 11.3 Å². The average Bonchev–Trinajstić information content (AvgIpc) is 2.44. The van der Waals surface area contributed by atoms with Crippen LogP contribution in [-0.4, -0.2) is 28.6 Å². The van der Waals surface area contributed by atoms with Gasteiger partial charge in [0.05, 0.1) is 0 Å². The van der Waals surface area contributed by atoms with Crippen molar-refractivity contribution in [2.75, 3.05) is 18.1 Å². The molecular formula is C17H27NS2. The maximum atomic E-state index is 3.82. The average molecular weight is 310 g/mol. The van der Waals surface area contributed by atoms with Crippen LogP contribution in [0.4, 0.5) is 0 Å². The van der Waals surface area contributed by atoms with Crippen LogP contribution in [0.3, 0.4) is 0 Å². The van der Waals surface area contributed by atoms with Gasteiger partial charge in [0.2, 0.25) is 0 Å². The predicted octanol–water partition coefficient (Wildman–Crippen LogP) is 4.58. The topological polar surface area (TPSA) is 12.0 Å². The number of nitrogens with one attached hydrogen (secondary N) is 1. The quantitative estimate of drug-likeness (QED) is 0.855. The maximum absolute atomic E-state index is 3.82. The molecule has 1 N–H and O–H groups in total. The number of hydrogen-bond acceptors (Lipinski definition) is 3. The van der Waals surface area contributed by atoms with Crippen molar-refractivity contribution in [1.29, 1.82) is 0 Å². The van der Waals surface area contributed by atoms with Crippen molar-refractivity contribution in [2.24, 2.45) is 0 Å². The van der Waals surface area contributed by atoms with Crippen LogP contribution in [0.25, 0.3) is 0 Å². The minimum atomic E-state index is 0.489. The van der Waals surface area contributed by atoms with Crippen molar-refractivity contribution in [3.8, 4) is 0 Å². The zero-order valence-corrected chi connectivity index (χ0v) is 14.7. The Labute approximate surface area is 132 Å². The van der Waals surface area contributed by atoms with E-state index in [9.17, 15) is 0 Å². The van der Waals surface area contributed by atoms with Crippen molar-refractivity contribution in [1.82, 2.24) is 5.32 Å². The molecular weight excluding hydrogens is 282 g/mol. The normalized spacial score (nSPS) is 24.6. The van der Waals surface area contributed by atoms with Crippen molar-refractivity contribution < 1.29 is 0 Å². The van der Waals surface area contributed by atoms with Crippen molar-refractivity contribution in [3.63, 3.8) is 0 Å². The summed E-state index contributed by atoms with van der Waals surface area (Å²) in [6.45, 7) is 10.2. The molecule has 1 saturated heterocycles. The van der Waals surface area contributed by atoms with E-state index in [1.165, 1.54) is 34.6 Å².